The fourth-order valence-electron chi connectivity index (χ4n) is 2.88. The highest BCUT2D eigenvalue weighted by atomic mass is 16.3. The van der Waals surface area contributed by atoms with Crippen molar-refractivity contribution in [3.05, 3.63) is 35.4 Å². The van der Waals surface area contributed by atoms with Gasteiger partial charge in [0.1, 0.15) is 0 Å². The molecule has 1 aliphatic carbocycles. The van der Waals surface area contributed by atoms with Crippen LogP contribution in [0.4, 0.5) is 0 Å². The van der Waals surface area contributed by atoms with Gasteiger partial charge in [0.15, 0.2) is 0 Å². The van der Waals surface area contributed by atoms with Gasteiger partial charge in [0.05, 0.1) is 6.61 Å². The van der Waals surface area contributed by atoms with Crippen molar-refractivity contribution in [1.29, 1.82) is 0 Å². The van der Waals surface area contributed by atoms with Gasteiger partial charge in [-0.3, -0.25) is 4.90 Å². The third kappa shape index (κ3) is 3.55. The maximum absolute atomic E-state index is 9.21. The number of nitrogens with zero attached hydrogens (tertiary/aromatic N) is 1. The third-order valence-electron chi connectivity index (χ3n) is 3.84. The molecule has 1 saturated carbocycles. The number of rotatable bonds is 6. The van der Waals surface area contributed by atoms with Gasteiger partial charge in [0.25, 0.3) is 0 Å². The van der Waals surface area contributed by atoms with E-state index in [2.05, 4.69) is 29.2 Å². The topological polar surface area (TPSA) is 49.5 Å². The van der Waals surface area contributed by atoms with Crippen LogP contribution in [0.25, 0.3) is 0 Å². The standard InChI is InChI=1S/C15H24N2O/c16-11-13-4-3-5-14(10-13)12-17(8-9-18)15-6-1-2-7-15/h3-5,10,15,18H,1-2,6-9,11-12,16H2. The van der Waals surface area contributed by atoms with Crippen LogP contribution in [0.2, 0.25) is 0 Å². The zero-order valence-electron chi connectivity index (χ0n) is 11.0. The number of benzene rings is 1. The minimum atomic E-state index is 0.243. The van der Waals surface area contributed by atoms with Crippen LogP contribution in [-0.2, 0) is 13.1 Å². The largest absolute Gasteiger partial charge is 0.395 e. The van der Waals surface area contributed by atoms with E-state index in [1.807, 2.05) is 0 Å². The van der Waals surface area contributed by atoms with E-state index in [1.165, 1.54) is 36.8 Å². The van der Waals surface area contributed by atoms with Crippen LogP contribution in [0.5, 0.6) is 0 Å². The van der Waals surface area contributed by atoms with Crippen LogP contribution in [0, 0.1) is 0 Å². The average Bonchev–Trinajstić information content (AvgIpc) is 2.92. The molecule has 0 radical (unpaired) electrons. The molecule has 0 heterocycles. The van der Waals surface area contributed by atoms with Crippen molar-refractivity contribution in [3.63, 3.8) is 0 Å². The Hall–Kier alpha value is -0.900. The van der Waals surface area contributed by atoms with Gasteiger partial charge in [0, 0.05) is 25.7 Å². The Kier molecular flexibility index (Phi) is 5.17. The zero-order chi connectivity index (χ0) is 12.8. The van der Waals surface area contributed by atoms with Crippen LogP contribution in [0.1, 0.15) is 36.8 Å². The summed E-state index contributed by atoms with van der Waals surface area (Å²) in [4.78, 5) is 2.42. The Morgan fingerprint density at radius 2 is 1.94 bits per heavy atom. The molecule has 0 spiro atoms. The zero-order valence-corrected chi connectivity index (χ0v) is 11.0. The lowest BCUT2D eigenvalue weighted by molar-refractivity contribution is 0.145. The fourth-order valence-corrected chi connectivity index (χ4v) is 2.88. The first kappa shape index (κ1) is 13.5. The van der Waals surface area contributed by atoms with Crippen molar-refractivity contribution in [1.82, 2.24) is 4.90 Å². The molecule has 1 aromatic rings. The molecule has 0 aromatic heterocycles. The van der Waals surface area contributed by atoms with Crippen LogP contribution in [0.3, 0.4) is 0 Å². The van der Waals surface area contributed by atoms with Crippen molar-refractivity contribution in [2.75, 3.05) is 13.2 Å². The SMILES string of the molecule is NCc1cccc(CN(CCO)C2CCCC2)c1. The van der Waals surface area contributed by atoms with E-state index < -0.39 is 0 Å². The predicted molar refractivity (Wildman–Crippen MR) is 74.1 cm³/mol. The molecule has 100 valence electrons. The first-order valence-electron chi connectivity index (χ1n) is 6.96. The van der Waals surface area contributed by atoms with Crippen molar-refractivity contribution in [3.8, 4) is 0 Å². The molecule has 3 heteroatoms. The second-order valence-electron chi connectivity index (χ2n) is 5.16. The Labute approximate surface area is 110 Å². The highest BCUT2D eigenvalue weighted by Crippen LogP contribution is 2.24. The van der Waals surface area contributed by atoms with Gasteiger partial charge in [0.2, 0.25) is 0 Å². The maximum Gasteiger partial charge on any atom is 0.0558 e. The monoisotopic (exact) mass is 248 g/mol. The van der Waals surface area contributed by atoms with Gasteiger partial charge >= 0.3 is 0 Å². The molecule has 1 aliphatic rings. The molecule has 0 aliphatic heterocycles. The number of hydrogen-bond acceptors (Lipinski definition) is 3. The van der Waals surface area contributed by atoms with Crippen LogP contribution < -0.4 is 5.73 Å². The lowest BCUT2D eigenvalue weighted by Crippen LogP contribution is -2.35. The van der Waals surface area contributed by atoms with E-state index in [-0.39, 0.29) is 6.61 Å². The summed E-state index contributed by atoms with van der Waals surface area (Å²) in [6.07, 6.45) is 5.21. The molecule has 3 nitrogen and oxygen atoms in total. The predicted octanol–water partition coefficient (Wildman–Crippen LogP) is 1.88. The molecular weight excluding hydrogens is 224 g/mol. The second-order valence-corrected chi connectivity index (χ2v) is 5.16. The first-order chi connectivity index (χ1) is 8.83. The Morgan fingerprint density at radius 3 is 2.61 bits per heavy atom. The minimum absolute atomic E-state index is 0.243. The smallest absolute Gasteiger partial charge is 0.0558 e. The van der Waals surface area contributed by atoms with Gasteiger partial charge in [-0.2, -0.15) is 0 Å². The highest BCUT2D eigenvalue weighted by molar-refractivity contribution is 5.23. The molecule has 0 saturated heterocycles. The van der Waals surface area contributed by atoms with E-state index >= 15 is 0 Å². The van der Waals surface area contributed by atoms with Crippen molar-refractivity contribution in [2.45, 2.75) is 44.8 Å². The van der Waals surface area contributed by atoms with Crippen molar-refractivity contribution >= 4 is 0 Å². The summed E-state index contributed by atoms with van der Waals surface area (Å²) < 4.78 is 0. The molecule has 2 rings (SSSR count). The van der Waals surface area contributed by atoms with E-state index in [9.17, 15) is 5.11 Å². The first-order valence-corrected chi connectivity index (χ1v) is 6.96. The van der Waals surface area contributed by atoms with E-state index in [0.717, 1.165) is 13.1 Å². The van der Waals surface area contributed by atoms with Gasteiger partial charge < -0.3 is 10.8 Å². The van der Waals surface area contributed by atoms with E-state index in [0.29, 0.717) is 12.6 Å². The van der Waals surface area contributed by atoms with Crippen molar-refractivity contribution in [2.24, 2.45) is 5.73 Å². The Bertz CT molecular complexity index is 361. The van der Waals surface area contributed by atoms with Crippen LogP contribution >= 0.6 is 0 Å². The summed E-state index contributed by atoms with van der Waals surface area (Å²) in [6, 6.07) is 9.12. The normalized spacial score (nSPS) is 16.6. The summed E-state index contributed by atoms with van der Waals surface area (Å²) in [6.45, 7) is 2.54. The molecule has 0 bridgehead atoms. The number of aliphatic hydroxyl groups excluding tert-OH is 1. The summed E-state index contributed by atoms with van der Waals surface area (Å²) in [5, 5.41) is 9.21. The fraction of sp³-hybridized carbons (Fsp3) is 0.600. The highest BCUT2D eigenvalue weighted by Gasteiger charge is 2.22. The number of nitrogens with two attached hydrogens (primary N) is 1. The van der Waals surface area contributed by atoms with Gasteiger partial charge in [-0.15, -0.1) is 0 Å². The molecule has 1 fully saturated rings. The lowest BCUT2D eigenvalue weighted by atomic mass is 10.1. The summed E-state index contributed by atoms with van der Waals surface area (Å²) in [7, 11) is 0. The minimum Gasteiger partial charge on any atom is -0.395 e. The number of hydrogen-bond donors (Lipinski definition) is 2. The summed E-state index contributed by atoms with van der Waals surface area (Å²) >= 11 is 0. The second kappa shape index (κ2) is 6.88. The van der Waals surface area contributed by atoms with E-state index in [1.54, 1.807) is 0 Å². The van der Waals surface area contributed by atoms with Crippen LogP contribution in [0.15, 0.2) is 24.3 Å². The number of aliphatic hydroxyl groups is 1. The van der Waals surface area contributed by atoms with Crippen molar-refractivity contribution < 1.29 is 5.11 Å². The average molecular weight is 248 g/mol. The lowest BCUT2D eigenvalue weighted by Gasteiger charge is -2.28. The van der Waals surface area contributed by atoms with E-state index in [4.69, 9.17) is 5.73 Å². The molecule has 1 aromatic carbocycles. The summed E-state index contributed by atoms with van der Waals surface area (Å²) in [5.41, 5.74) is 8.16. The van der Waals surface area contributed by atoms with Crippen LogP contribution in [-0.4, -0.2) is 29.2 Å². The molecule has 0 amide bonds. The molecule has 0 atom stereocenters. The molecule has 18 heavy (non-hydrogen) atoms. The molecule has 3 N–H and O–H groups in total. The Balaban J connectivity index is 2.02. The summed E-state index contributed by atoms with van der Waals surface area (Å²) in [5.74, 6) is 0. The molecular formula is C15H24N2O. The molecule has 0 unspecified atom stereocenters. The Morgan fingerprint density at radius 1 is 1.22 bits per heavy atom. The quantitative estimate of drug-likeness (QED) is 0.808. The van der Waals surface area contributed by atoms with Gasteiger partial charge in [-0.1, -0.05) is 37.1 Å². The van der Waals surface area contributed by atoms with Gasteiger partial charge in [-0.05, 0) is 24.0 Å². The third-order valence-corrected chi connectivity index (χ3v) is 3.84. The van der Waals surface area contributed by atoms with Gasteiger partial charge in [-0.25, -0.2) is 0 Å². The maximum atomic E-state index is 9.21.